The second-order valence-electron chi connectivity index (χ2n) is 3.65. The highest BCUT2D eigenvalue weighted by Crippen LogP contribution is 2.26. The average Bonchev–Trinajstić information content (AvgIpc) is 2.32. The van der Waals surface area contributed by atoms with Crippen LogP contribution in [-0.2, 0) is 11.3 Å². The van der Waals surface area contributed by atoms with Gasteiger partial charge in [0.15, 0.2) is 0 Å². The predicted molar refractivity (Wildman–Crippen MR) is 73.2 cm³/mol. The summed E-state index contributed by atoms with van der Waals surface area (Å²) in [5.41, 5.74) is 1.42. The molecule has 0 saturated heterocycles. The van der Waals surface area contributed by atoms with Gasteiger partial charge in [0, 0.05) is 22.8 Å². The van der Waals surface area contributed by atoms with Gasteiger partial charge in [-0.1, -0.05) is 28.1 Å². The number of rotatable bonds is 3. The molecule has 2 aromatic rings. The molecule has 1 heterocycles. The van der Waals surface area contributed by atoms with E-state index in [1.165, 1.54) is 12.1 Å². The largest absolute Gasteiger partial charge is 0.378 e. The van der Waals surface area contributed by atoms with E-state index in [1.54, 1.807) is 19.2 Å². The zero-order valence-corrected chi connectivity index (χ0v) is 11.9. The fourth-order valence-electron chi connectivity index (χ4n) is 1.55. The van der Waals surface area contributed by atoms with Crippen molar-refractivity contribution >= 4 is 28.1 Å². The summed E-state index contributed by atoms with van der Waals surface area (Å²) in [6.45, 7) is 0.395. The minimum absolute atomic E-state index is 0.327. The fraction of sp³-hybridized carbons (Fsp3) is 0.167. The molecule has 0 fully saturated rings. The zero-order valence-electron chi connectivity index (χ0n) is 9.54. The monoisotopic (exact) mass is 328 g/mol. The summed E-state index contributed by atoms with van der Waals surface area (Å²) in [5.74, 6) is 0.187. The molecule has 1 aromatic heterocycles. The highest BCUT2D eigenvalue weighted by Gasteiger charge is 2.08. The molecule has 0 bridgehead atoms. The van der Waals surface area contributed by atoms with Crippen LogP contribution >= 0.6 is 28.1 Å². The summed E-state index contributed by atoms with van der Waals surface area (Å²) in [6.07, 6.45) is 0. The molecular formula is C12H10BrFN2OS. The van der Waals surface area contributed by atoms with Gasteiger partial charge in [0.25, 0.3) is 0 Å². The fourth-order valence-corrected chi connectivity index (χ4v) is 2.22. The molecule has 0 amide bonds. The van der Waals surface area contributed by atoms with Gasteiger partial charge in [-0.2, -0.15) is 0 Å². The minimum Gasteiger partial charge on any atom is -0.378 e. The molecule has 18 heavy (non-hydrogen) atoms. The Morgan fingerprint density at radius 3 is 2.94 bits per heavy atom. The predicted octanol–water partition coefficient (Wildman–Crippen LogP) is 3.85. The first-order valence-electron chi connectivity index (χ1n) is 5.15. The normalized spacial score (nSPS) is 10.6. The van der Waals surface area contributed by atoms with E-state index in [0.717, 1.165) is 10.2 Å². The summed E-state index contributed by atoms with van der Waals surface area (Å²) in [7, 11) is 1.59. The number of halogens is 2. The second kappa shape index (κ2) is 5.69. The summed E-state index contributed by atoms with van der Waals surface area (Å²) in [6, 6.07) is 6.12. The number of aromatic nitrogens is 2. The molecule has 0 spiro atoms. The number of benzene rings is 1. The molecule has 0 unspecified atom stereocenters. The number of hydrogen-bond acceptors (Lipinski definition) is 3. The molecular weight excluding hydrogens is 319 g/mol. The van der Waals surface area contributed by atoms with Crippen molar-refractivity contribution < 1.29 is 9.13 Å². The third-order valence-electron chi connectivity index (χ3n) is 2.28. The number of aromatic amines is 1. The molecule has 0 radical (unpaired) electrons. The molecule has 0 aliphatic heterocycles. The van der Waals surface area contributed by atoms with Gasteiger partial charge in [-0.05, 0) is 24.3 Å². The summed E-state index contributed by atoms with van der Waals surface area (Å²) >= 11 is 8.44. The van der Waals surface area contributed by atoms with E-state index in [0.29, 0.717) is 22.6 Å². The molecule has 3 nitrogen and oxygen atoms in total. The van der Waals surface area contributed by atoms with Gasteiger partial charge in [0.2, 0.25) is 0 Å². The number of H-pyrrole nitrogens is 1. The van der Waals surface area contributed by atoms with Crippen molar-refractivity contribution in [2.24, 2.45) is 0 Å². The minimum atomic E-state index is -0.327. The Hall–Kier alpha value is -1.11. The Morgan fingerprint density at radius 1 is 1.44 bits per heavy atom. The number of methoxy groups -OCH3 is 1. The van der Waals surface area contributed by atoms with Crippen molar-refractivity contribution in [3.05, 3.63) is 44.9 Å². The lowest BCUT2D eigenvalue weighted by atomic mass is 10.2. The third-order valence-corrected chi connectivity index (χ3v) is 3.18. The Balaban J connectivity index is 2.56. The van der Waals surface area contributed by atoms with Crippen molar-refractivity contribution in [1.29, 1.82) is 0 Å². The maximum Gasteiger partial charge on any atom is 0.140 e. The zero-order chi connectivity index (χ0) is 13.1. The van der Waals surface area contributed by atoms with E-state index in [1.807, 2.05) is 0 Å². The second-order valence-corrected chi connectivity index (χ2v) is 4.92. The molecule has 1 aromatic carbocycles. The molecule has 6 heteroatoms. The van der Waals surface area contributed by atoms with Crippen molar-refractivity contribution in [3.8, 4) is 11.4 Å². The van der Waals surface area contributed by atoms with Gasteiger partial charge in [-0.3, -0.25) is 0 Å². The number of ether oxygens (including phenoxy) is 1. The molecule has 0 aliphatic carbocycles. The molecule has 0 saturated carbocycles. The Kier molecular flexibility index (Phi) is 4.21. The highest BCUT2D eigenvalue weighted by atomic mass is 79.9. The quantitative estimate of drug-likeness (QED) is 0.869. The molecule has 1 N–H and O–H groups in total. The first kappa shape index (κ1) is 13.3. The van der Waals surface area contributed by atoms with Crippen LogP contribution in [0.5, 0.6) is 0 Å². The topological polar surface area (TPSA) is 37.9 Å². The maximum absolute atomic E-state index is 13.3. The van der Waals surface area contributed by atoms with Crippen LogP contribution in [0.1, 0.15) is 5.69 Å². The van der Waals surface area contributed by atoms with Gasteiger partial charge in [-0.15, -0.1) is 0 Å². The van der Waals surface area contributed by atoms with Gasteiger partial charge < -0.3 is 9.72 Å². The lowest BCUT2D eigenvalue weighted by Gasteiger charge is -2.07. The summed E-state index contributed by atoms with van der Waals surface area (Å²) in [4.78, 5) is 7.27. The first-order chi connectivity index (χ1) is 8.60. The van der Waals surface area contributed by atoms with E-state index >= 15 is 0 Å². The van der Waals surface area contributed by atoms with E-state index in [2.05, 4.69) is 25.9 Å². The van der Waals surface area contributed by atoms with Crippen LogP contribution < -0.4 is 0 Å². The van der Waals surface area contributed by atoms with Crippen LogP contribution in [-0.4, -0.2) is 17.1 Å². The van der Waals surface area contributed by atoms with Gasteiger partial charge in [-0.25, -0.2) is 9.37 Å². The number of nitrogens with one attached hydrogen (secondary N) is 1. The SMILES string of the molecule is COCc1cc(=S)nc(-c2cc(F)ccc2Br)[nH]1. The van der Waals surface area contributed by atoms with Crippen LogP contribution in [0.3, 0.4) is 0 Å². The lowest BCUT2D eigenvalue weighted by Crippen LogP contribution is -1.98. The molecule has 94 valence electrons. The number of hydrogen-bond donors (Lipinski definition) is 1. The van der Waals surface area contributed by atoms with Gasteiger partial charge in [0.1, 0.15) is 16.3 Å². The number of nitrogens with zero attached hydrogens (tertiary/aromatic N) is 1. The van der Waals surface area contributed by atoms with Crippen molar-refractivity contribution in [3.63, 3.8) is 0 Å². The first-order valence-corrected chi connectivity index (χ1v) is 6.35. The van der Waals surface area contributed by atoms with Crippen molar-refractivity contribution in [2.75, 3.05) is 7.11 Å². The smallest absolute Gasteiger partial charge is 0.140 e. The van der Waals surface area contributed by atoms with Gasteiger partial charge in [0.05, 0.1) is 6.61 Å². The third kappa shape index (κ3) is 3.01. The van der Waals surface area contributed by atoms with Crippen molar-refractivity contribution in [1.82, 2.24) is 9.97 Å². The van der Waals surface area contributed by atoms with E-state index < -0.39 is 0 Å². The van der Waals surface area contributed by atoms with Crippen LogP contribution in [0.25, 0.3) is 11.4 Å². The van der Waals surface area contributed by atoms with Crippen LogP contribution in [0.2, 0.25) is 0 Å². The summed E-state index contributed by atoms with van der Waals surface area (Å²) < 4.78 is 19.5. The highest BCUT2D eigenvalue weighted by molar-refractivity contribution is 9.10. The lowest BCUT2D eigenvalue weighted by molar-refractivity contribution is 0.181. The average molecular weight is 329 g/mol. The van der Waals surface area contributed by atoms with E-state index in [4.69, 9.17) is 17.0 Å². The van der Waals surface area contributed by atoms with E-state index in [9.17, 15) is 4.39 Å². The maximum atomic E-state index is 13.3. The van der Waals surface area contributed by atoms with Crippen molar-refractivity contribution in [2.45, 2.75) is 6.61 Å². The van der Waals surface area contributed by atoms with Gasteiger partial charge >= 0.3 is 0 Å². The molecule has 0 aliphatic rings. The Morgan fingerprint density at radius 2 is 2.22 bits per heavy atom. The molecule has 0 atom stereocenters. The summed E-state index contributed by atoms with van der Waals surface area (Å²) in [5, 5.41) is 0. The van der Waals surface area contributed by atoms with Crippen LogP contribution in [0.15, 0.2) is 28.7 Å². The molecule has 2 rings (SSSR count). The van der Waals surface area contributed by atoms with E-state index in [-0.39, 0.29) is 5.82 Å². The Labute approximate surface area is 117 Å². The van der Waals surface area contributed by atoms with Crippen LogP contribution in [0, 0.1) is 10.5 Å². The standard InChI is InChI=1S/C12H10BrFN2OS/c1-17-6-8-5-11(18)16-12(15-8)9-4-7(14)2-3-10(9)13/h2-5H,6H2,1H3,(H,15,16,18). The Bertz CT molecular complexity index is 630. The van der Waals surface area contributed by atoms with Crippen LogP contribution in [0.4, 0.5) is 4.39 Å².